The fourth-order valence-electron chi connectivity index (χ4n) is 3.32. The van der Waals surface area contributed by atoms with Crippen molar-refractivity contribution in [1.82, 2.24) is 5.09 Å². The summed E-state index contributed by atoms with van der Waals surface area (Å²) in [5, 5.41) is 3.07. The molecule has 146 valence electrons. The smallest absolute Gasteiger partial charge is 0.404 e. The van der Waals surface area contributed by atoms with Gasteiger partial charge in [0.05, 0.1) is 0 Å². The van der Waals surface area contributed by atoms with E-state index in [2.05, 4.69) is 51.8 Å². The molecule has 0 aliphatic carbocycles. The van der Waals surface area contributed by atoms with Crippen LogP contribution < -0.4 is 14.1 Å². The first-order valence-electron chi connectivity index (χ1n) is 9.36. The Hall–Kier alpha value is -1.77. The molecule has 0 amide bonds. The zero-order valence-corrected chi connectivity index (χ0v) is 18.2. The van der Waals surface area contributed by atoms with E-state index in [-0.39, 0.29) is 10.8 Å². The molecule has 0 saturated carbocycles. The van der Waals surface area contributed by atoms with Crippen LogP contribution in [-0.2, 0) is 15.4 Å². The highest BCUT2D eigenvalue weighted by Gasteiger charge is 2.39. The van der Waals surface area contributed by atoms with E-state index in [4.69, 9.17) is 9.05 Å². The molecule has 1 unspecified atom stereocenters. The van der Waals surface area contributed by atoms with E-state index in [1.165, 1.54) is 0 Å². The first-order valence-corrected chi connectivity index (χ1v) is 10.9. The van der Waals surface area contributed by atoms with Gasteiger partial charge in [-0.15, -0.1) is 0 Å². The topological polar surface area (TPSA) is 47.6 Å². The van der Waals surface area contributed by atoms with Crippen LogP contribution in [0.25, 0.3) is 0 Å². The van der Waals surface area contributed by atoms with E-state index in [1.54, 1.807) is 0 Å². The van der Waals surface area contributed by atoms with Crippen molar-refractivity contribution in [3.63, 3.8) is 0 Å². The van der Waals surface area contributed by atoms with Gasteiger partial charge in [0.1, 0.15) is 11.5 Å². The molecule has 1 aliphatic rings. The number of benzene rings is 2. The molecule has 0 bridgehead atoms. The van der Waals surface area contributed by atoms with E-state index >= 15 is 0 Å². The molecule has 2 aromatic rings. The lowest BCUT2D eigenvalue weighted by Gasteiger charge is -2.26. The molecule has 27 heavy (non-hydrogen) atoms. The van der Waals surface area contributed by atoms with Crippen molar-refractivity contribution in [3.8, 4) is 11.5 Å². The standard InChI is InChI=1S/C22H30NO3P/c1-15-8-10-17(21(3,4)5)19(12-15)25-27(24)23-14-22(6,7)18-11-9-16(2)13-20(18)26-27/h8-13H,14H2,1-7H3,(H,23,24). The first kappa shape index (κ1) is 20.0. The van der Waals surface area contributed by atoms with Gasteiger partial charge in [0.15, 0.2) is 0 Å². The van der Waals surface area contributed by atoms with Crippen LogP contribution in [-0.4, -0.2) is 6.54 Å². The van der Waals surface area contributed by atoms with Gasteiger partial charge in [-0.25, -0.2) is 9.65 Å². The number of aryl methyl sites for hydroxylation is 2. The average molecular weight is 387 g/mol. The summed E-state index contributed by atoms with van der Waals surface area (Å²) >= 11 is 0. The number of hydrogen-bond acceptors (Lipinski definition) is 3. The van der Waals surface area contributed by atoms with Crippen molar-refractivity contribution in [1.29, 1.82) is 0 Å². The summed E-state index contributed by atoms with van der Waals surface area (Å²) in [6.45, 7) is 15.1. The van der Waals surface area contributed by atoms with Gasteiger partial charge in [0.25, 0.3) is 0 Å². The van der Waals surface area contributed by atoms with Crippen molar-refractivity contribution in [2.24, 2.45) is 0 Å². The molecule has 3 rings (SSSR count). The molecule has 0 spiro atoms. The van der Waals surface area contributed by atoms with Crippen LogP contribution in [0.5, 0.6) is 11.5 Å². The molecule has 1 N–H and O–H groups in total. The van der Waals surface area contributed by atoms with Crippen LogP contribution >= 0.6 is 7.75 Å². The van der Waals surface area contributed by atoms with Crippen molar-refractivity contribution < 1.29 is 13.6 Å². The highest BCUT2D eigenvalue weighted by molar-refractivity contribution is 7.52. The lowest BCUT2D eigenvalue weighted by atomic mass is 9.84. The average Bonchev–Trinajstić information content (AvgIpc) is 2.60. The van der Waals surface area contributed by atoms with Crippen molar-refractivity contribution in [2.45, 2.75) is 59.3 Å². The Morgan fingerprint density at radius 3 is 2.37 bits per heavy atom. The van der Waals surface area contributed by atoms with Gasteiger partial charge >= 0.3 is 7.75 Å². The predicted octanol–water partition coefficient (Wildman–Crippen LogP) is 6.05. The molecule has 0 aromatic heterocycles. The molecule has 0 radical (unpaired) electrons. The van der Waals surface area contributed by atoms with Crippen LogP contribution in [0.1, 0.15) is 56.9 Å². The maximum Gasteiger partial charge on any atom is 0.512 e. The molecule has 1 atom stereocenters. The number of fused-ring (bicyclic) bond motifs is 1. The van der Waals surface area contributed by atoms with Gasteiger partial charge in [-0.05, 0) is 42.5 Å². The third kappa shape index (κ3) is 4.23. The summed E-state index contributed by atoms with van der Waals surface area (Å²) in [4.78, 5) is 0. The Labute approximate surface area is 162 Å². The van der Waals surface area contributed by atoms with Crippen LogP contribution in [0.2, 0.25) is 0 Å². The maximum atomic E-state index is 13.6. The second kappa shape index (κ2) is 6.68. The Bertz CT molecular complexity index is 912. The van der Waals surface area contributed by atoms with Gasteiger partial charge < -0.3 is 9.05 Å². The summed E-state index contributed by atoms with van der Waals surface area (Å²) in [7, 11) is -3.58. The Morgan fingerprint density at radius 1 is 1.07 bits per heavy atom. The monoisotopic (exact) mass is 387 g/mol. The number of nitrogens with one attached hydrogen (secondary N) is 1. The normalized spacial score (nSPS) is 21.7. The first-order chi connectivity index (χ1) is 12.4. The van der Waals surface area contributed by atoms with Crippen molar-refractivity contribution in [3.05, 3.63) is 58.7 Å². The van der Waals surface area contributed by atoms with Gasteiger partial charge in [0.2, 0.25) is 0 Å². The largest absolute Gasteiger partial charge is 0.512 e. The summed E-state index contributed by atoms with van der Waals surface area (Å²) < 4.78 is 25.7. The van der Waals surface area contributed by atoms with E-state index < -0.39 is 7.75 Å². The molecule has 0 fully saturated rings. The number of rotatable bonds is 2. The summed E-state index contributed by atoms with van der Waals surface area (Å²) in [6, 6.07) is 12.1. The molecule has 2 aromatic carbocycles. The van der Waals surface area contributed by atoms with Gasteiger partial charge in [-0.2, -0.15) is 0 Å². The molecule has 0 saturated heterocycles. The van der Waals surface area contributed by atoms with Crippen LogP contribution in [0.3, 0.4) is 0 Å². The molecular weight excluding hydrogens is 357 g/mol. The van der Waals surface area contributed by atoms with E-state index in [0.29, 0.717) is 18.0 Å². The maximum absolute atomic E-state index is 13.6. The summed E-state index contributed by atoms with van der Waals surface area (Å²) in [6.07, 6.45) is 0. The highest BCUT2D eigenvalue weighted by atomic mass is 31.2. The Balaban J connectivity index is 2.04. The predicted molar refractivity (Wildman–Crippen MR) is 111 cm³/mol. The molecular formula is C22H30NO3P. The van der Waals surface area contributed by atoms with E-state index in [0.717, 1.165) is 22.3 Å². The van der Waals surface area contributed by atoms with Gasteiger partial charge in [-0.1, -0.05) is 58.9 Å². The second-order valence-electron chi connectivity index (χ2n) is 9.15. The minimum atomic E-state index is -3.58. The lowest BCUT2D eigenvalue weighted by Crippen LogP contribution is -2.30. The zero-order valence-electron chi connectivity index (χ0n) is 17.3. The highest BCUT2D eigenvalue weighted by Crippen LogP contribution is 2.52. The quantitative estimate of drug-likeness (QED) is 0.638. The fourth-order valence-corrected chi connectivity index (χ4v) is 4.90. The third-order valence-electron chi connectivity index (χ3n) is 4.96. The summed E-state index contributed by atoms with van der Waals surface area (Å²) in [5.41, 5.74) is 3.78. The second-order valence-corrected chi connectivity index (χ2v) is 10.8. The van der Waals surface area contributed by atoms with Crippen LogP contribution in [0.15, 0.2) is 36.4 Å². The SMILES string of the molecule is Cc1ccc(C(C)(C)C)c(OP2(=O)NCC(C)(C)c3ccc(C)cc3O2)c1. The summed E-state index contributed by atoms with van der Waals surface area (Å²) in [5.74, 6) is 1.23. The Morgan fingerprint density at radius 2 is 1.70 bits per heavy atom. The molecule has 5 heteroatoms. The molecule has 1 heterocycles. The molecule has 1 aliphatic heterocycles. The van der Waals surface area contributed by atoms with E-state index in [1.807, 2.05) is 38.1 Å². The third-order valence-corrected chi connectivity index (χ3v) is 6.38. The fraction of sp³-hybridized carbons (Fsp3) is 0.455. The van der Waals surface area contributed by atoms with Crippen LogP contribution in [0.4, 0.5) is 0 Å². The van der Waals surface area contributed by atoms with Crippen molar-refractivity contribution >= 4 is 7.75 Å². The minimum absolute atomic E-state index is 0.137. The van der Waals surface area contributed by atoms with Crippen LogP contribution in [0, 0.1) is 13.8 Å². The Kier molecular flexibility index (Phi) is 4.95. The van der Waals surface area contributed by atoms with E-state index in [9.17, 15) is 4.57 Å². The minimum Gasteiger partial charge on any atom is -0.404 e. The lowest BCUT2D eigenvalue weighted by molar-refractivity contribution is 0.369. The number of hydrogen-bond donors (Lipinski definition) is 1. The van der Waals surface area contributed by atoms with Gasteiger partial charge in [-0.3, -0.25) is 0 Å². The zero-order chi connectivity index (χ0) is 20.0. The van der Waals surface area contributed by atoms with Gasteiger partial charge in [0, 0.05) is 23.1 Å². The van der Waals surface area contributed by atoms with Crippen molar-refractivity contribution in [2.75, 3.05) is 6.54 Å². The molecule has 4 nitrogen and oxygen atoms in total.